The highest BCUT2D eigenvalue weighted by molar-refractivity contribution is 7.24. The number of hydrogen-bond donors (Lipinski definition) is 11. The van der Waals surface area contributed by atoms with Gasteiger partial charge in [-0.05, 0) is 45.8 Å². The van der Waals surface area contributed by atoms with E-state index in [2.05, 4.69) is 51.5 Å². The molecule has 22 nitrogen and oxygen atoms in total. The molecule has 1 aromatic rings. The Morgan fingerprint density at radius 3 is 1.49 bits per heavy atom. The number of aromatic hydroxyl groups is 1. The van der Waals surface area contributed by atoms with Gasteiger partial charge < -0.3 is 96.1 Å². The molecule has 0 amide bonds. The Morgan fingerprint density at radius 1 is 0.606 bits per heavy atom. The second-order valence-corrected chi connectivity index (χ2v) is 18.2. The lowest BCUT2D eigenvalue weighted by molar-refractivity contribution is -0.156. The summed E-state index contributed by atoms with van der Waals surface area (Å²) in [7, 11) is -0.663. The van der Waals surface area contributed by atoms with E-state index in [4.69, 9.17) is 23.6 Å². The highest BCUT2D eigenvalue weighted by Gasteiger charge is 2.29. The van der Waals surface area contributed by atoms with Crippen LogP contribution in [-0.4, -0.2) is 213 Å². The molecule has 71 heavy (non-hydrogen) atoms. The van der Waals surface area contributed by atoms with E-state index in [1.54, 1.807) is 13.1 Å². The fourth-order valence-electron chi connectivity index (χ4n) is 7.32. The maximum Gasteiger partial charge on any atom is 0.307 e. The molecule has 23 heteroatoms. The van der Waals surface area contributed by atoms with Crippen LogP contribution in [0.25, 0.3) is 0 Å². The van der Waals surface area contributed by atoms with Gasteiger partial charge in [0.25, 0.3) is 0 Å². The normalized spacial score (nSPS) is 14.3. The number of hydrogen-bond acceptors (Lipinski definition) is 20. The summed E-state index contributed by atoms with van der Waals surface area (Å²) in [5.74, 6) is -1.08. The van der Waals surface area contributed by atoms with E-state index in [0.29, 0.717) is 49.5 Å². The van der Waals surface area contributed by atoms with Crippen LogP contribution in [0.2, 0.25) is 0 Å². The molecule has 420 valence electrons. The second-order valence-electron chi connectivity index (χ2n) is 17.8. The van der Waals surface area contributed by atoms with Crippen molar-refractivity contribution in [3.05, 3.63) is 23.0 Å². The van der Waals surface area contributed by atoms with Crippen molar-refractivity contribution in [1.29, 1.82) is 0 Å². The lowest BCUT2D eigenvalue weighted by atomic mass is 10.1. The second kappa shape index (κ2) is 46.2. The van der Waals surface area contributed by atoms with E-state index in [-0.39, 0.29) is 36.2 Å². The van der Waals surface area contributed by atoms with Gasteiger partial charge in [0.1, 0.15) is 55.6 Å². The van der Waals surface area contributed by atoms with Crippen molar-refractivity contribution in [2.45, 2.75) is 167 Å². The van der Waals surface area contributed by atoms with Gasteiger partial charge in [0.15, 0.2) is 9.03 Å². The van der Waals surface area contributed by atoms with Crippen LogP contribution in [0.4, 0.5) is 0 Å². The minimum atomic E-state index is -1.76. The number of aryl methyl sites for hydroxylation is 1. The van der Waals surface area contributed by atoms with Crippen LogP contribution >= 0.6 is 9.03 Å². The Hall–Kier alpha value is -2.32. The molecule has 0 radical (unpaired) electrons. The molecular formula is C48H97N6O16P. The van der Waals surface area contributed by atoms with Gasteiger partial charge in [0, 0.05) is 76.2 Å². The lowest BCUT2D eigenvalue weighted by Crippen LogP contribution is -2.45. The van der Waals surface area contributed by atoms with Crippen molar-refractivity contribution >= 4 is 21.0 Å². The third kappa shape index (κ3) is 34.7. The van der Waals surface area contributed by atoms with Crippen LogP contribution in [-0.2, 0) is 41.5 Å². The third-order valence-corrected chi connectivity index (χ3v) is 12.1. The van der Waals surface area contributed by atoms with Gasteiger partial charge in [-0.2, -0.15) is 0 Å². The minimum Gasteiger partial charge on any atom is -0.506 e. The van der Waals surface area contributed by atoms with Crippen LogP contribution in [0.15, 0.2) is 6.20 Å². The first-order valence-electron chi connectivity index (χ1n) is 25.5. The molecule has 0 fully saturated rings. The number of aromatic nitrogens is 1. The van der Waals surface area contributed by atoms with E-state index < -0.39 is 84.0 Å². The van der Waals surface area contributed by atoms with Crippen LogP contribution in [0.5, 0.6) is 5.75 Å². The summed E-state index contributed by atoms with van der Waals surface area (Å²) < 4.78 is 20.5. The number of unbranched alkanes of at least 4 members (excludes halogenated alkanes) is 9. The molecule has 1 aromatic heterocycles. The smallest absolute Gasteiger partial charge is 0.307 e. The molecule has 7 unspecified atom stereocenters. The summed E-state index contributed by atoms with van der Waals surface area (Å²) in [6.45, 7) is 14.7. The molecule has 0 bridgehead atoms. The van der Waals surface area contributed by atoms with Gasteiger partial charge in [-0.25, -0.2) is 0 Å². The van der Waals surface area contributed by atoms with Crippen molar-refractivity contribution in [2.75, 3.05) is 98.4 Å². The van der Waals surface area contributed by atoms with Gasteiger partial charge in [0.2, 0.25) is 0 Å². The summed E-state index contributed by atoms with van der Waals surface area (Å²) >= 11 is 0. The van der Waals surface area contributed by atoms with Crippen molar-refractivity contribution in [2.24, 2.45) is 0 Å². The van der Waals surface area contributed by atoms with Crippen molar-refractivity contribution in [3.63, 3.8) is 0 Å². The standard InChI is InChI=1S/C48H93N6O14P.2H2O/c1-5-8-11-13-15-25-53(24-10-7-3)27-21-49-19-17-44(59)66-35-42(57)47(62)40(55)33-65-34-41(56)48(63)43(58)36-67-45(60)18-20-50-22-28-54(26-16-14-12-9-6-2)29-23-51-31-39-38(32-68-69-64)30-52-37(4)46(39)61;;/h30,40-43,47-51,55-58,61-64,69H,5-29,31-36H2,1-4H3;2*1H2. The number of nitrogens with zero attached hydrogens (tertiary/aromatic N) is 3. The number of aliphatic hydroxyl groups excluding tert-OH is 6. The van der Waals surface area contributed by atoms with Gasteiger partial charge in [-0.1, -0.05) is 78.6 Å². The molecule has 0 aliphatic carbocycles. The van der Waals surface area contributed by atoms with Gasteiger partial charge in [0.05, 0.1) is 38.4 Å². The third-order valence-electron chi connectivity index (χ3n) is 11.8. The molecule has 0 spiro atoms. The topological polar surface area (TPSA) is 351 Å². The van der Waals surface area contributed by atoms with Crippen molar-refractivity contribution in [3.8, 4) is 5.75 Å². The maximum absolute atomic E-state index is 12.4. The summed E-state index contributed by atoms with van der Waals surface area (Å²) in [4.78, 5) is 42.7. The van der Waals surface area contributed by atoms with E-state index in [0.717, 1.165) is 77.9 Å². The fraction of sp³-hybridized carbons (Fsp3) is 0.854. The van der Waals surface area contributed by atoms with E-state index >= 15 is 0 Å². The maximum atomic E-state index is 12.4. The summed E-state index contributed by atoms with van der Waals surface area (Å²) in [5.41, 5.74) is 1.91. The summed E-state index contributed by atoms with van der Waals surface area (Å²) in [6, 6.07) is 0. The van der Waals surface area contributed by atoms with Gasteiger partial charge >= 0.3 is 11.9 Å². The quantitative estimate of drug-likeness (QED) is 0.0235. The van der Waals surface area contributed by atoms with Gasteiger partial charge in [-0.3, -0.25) is 14.6 Å². The number of aliphatic hydroxyl groups is 6. The summed E-state index contributed by atoms with van der Waals surface area (Å²) in [5, 5.41) is 82.4. The highest BCUT2D eigenvalue weighted by atomic mass is 31.1. The Balaban J connectivity index is 0. The molecule has 1 heterocycles. The molecule has 0 saturated heterocycles. The molecule has 1 rings (SSSR count). The molecule has 0 saturated carbocycles. The molecule has 0 aliphatic heterocycles. The predicted molar refractivity (Wildman–Crippen MR) is 274 cm³/mol. The number of rotatable bonds is 47. The monoisotopic (exact) mass is 1040 g/mol. The Labute approximate surface area is 425 Å². The Morgan fingerprint density at radius 2 is 1.03 bits per heavy atom. The van der Waals surface area contributed by atoms with Gasteiger partial charge in [-0.15, -0.1) is 0 Å². The molecule has 7 atom stereocenters. The minimum absolute atomic E-state index is 0. The first kappa shape index (κ1) is 70.8. The van der Waals surface area contributed by atoms with E-state index in [1.165, 1.54) is 44.9 Å². The average molecular weight is 1050 g/mol. The van der Waals surface area contributed by atoms with Crippen LogP contribution < -0.4 is 16.0 Å². The number of esters is 2. The van der Waals surface area contributed by atoms with Crippen LogP contribution in [0.3, 0.4) is 0 Å². The van der Waals surface area contributed by atoms with E-state index in [9.17, 15) is 45.3 Å². The van der Waals surface area contributed by atoms with Crippen molar-refractivity contribution < 1.29 is 79.9 Å². The SMILES string of the molecule is CCCCCCCN(CCCC)CCNCCC(=O)OCC(O)C(O)C(O)COCC(O)C(O)C(O)COC(=O)CCNCCN(CCCCCCC)CCNCc1c(COPO)cnc(C)c1O.O.O. The zero-order valence-corrected chi connectivity index (χ0v) is 44.3. The molecule has 15 N–H and O–H groups in total. The zero-order valence-electron chi connectivity index (χ0n) is 43.3. The number of carbonyl (C=O) groups excluding carboxylic acids is 2. The fourth-order valence-corrected chi connectivity index (χ4v) is 7.54. The van der Waals surface area contributed by atoms with Crippen LogP contribution in [0.1, 0.15) is 127 Å². The number of carbonyl (C=O) groups is 2. The predicted octanol–water partition coefficient (Wildman–Crippen LogP) is 0.126. The first-order valence-corrected chi connectivity index (χ1v) is 26.4. The largest absolute Gasteiger partial charge is 0.506 e. The molecule has 0 aliphatic rings. The Bertz CT molecular complexity index is 1430. The summed E-state index contributed by atoms with van der Waals surface area (Å²) in [6.07, 6.45) is 5.89. The number of ether oxygens (including phenoxy) is 3. The molecular weight excluding hydrogens is 948 g/mol. The number of pyridine rings is 1. The average Bonchev–Trinajstić information content (AvgIpc) is 3.34. The zero-order chi connectivity index (χ0) is 51.1. The Kier molecular flexibility index (Phi) is 46.1. The van der Waals surface area contributed by atoms with E-state index in [1.807, 2.05) is 0 Å². The lowest BCUT2D eigenvalue weighted by Gasteiger charge is -2.25. The van der Waals surface area contributed by atoms with Crippen LogP contribution in [0, 0.1) is 6.92 Å². The number of nitrogens with one attached hydrogen (secondary N) is 3. The highest BCUT2D eigenvalue weighted by Crippen LogP contribution is 2.25. The molecule has 0 aromatic carbocycles. The van der Waals surface area contributed by atoms with Crippen molar-refractivity contribution in [1.82, 2.24) is 30.7 Å². The first-order chi connectivity index (χ1) is 33.3.